The average molecular weight is 390 g/mol. The van der Waals surface area contributed by atoms with Gasteiger partial charge in [-0.25, -0.2) is 18.4 Å². The van der Waals surface area contributed by atoms with Gasteiger partial charge in [0.1, 0.15) is 12.1 Å². The first-order valence-electron chi connectivity index (χ1n) is 8.11. The minimum atomic E-state index is -3.30. The van der Waals surface area contributed by atoms with Crippen LogP contribution in [0.15, 0.2) is 53.7 Å². The predicted molar refractivity (Wildman–Crippen MR) is 106 cm³/mol. The Morgan fingerprint density at radius 2 is 1.88 bits per heavy atom. The zero-order chi connectivity index (χ0) is 18.9. The number of halogens is 1. The maximum Gasteiger partial charge on any atom is 0.175 e. The van der Waals surface area contributed by atoms with Gasteiger partial charge in [-0.3, -0.25) is 0 Å². The topological polar surface area (TPSA) is 72.0 Å². The van der Waals surface area contributed by atoms with Crippen molar-refractivity contribution in [2.75, 3.05) is 18.1 Å². The van der Waals surface area contributed by atoms with Crippen LogP contribution in [0.25, 0.3) is 10.9 Å². The van der Waals surface area contributed by atoms with Gasteiger partial charge < -0.3 is 5.32 Å². The molecular formula is C19H20ClN3O2S. The molecule has 3 rings (SSSR count). The molecule has 0 amide bonds. The number of fused-ring (bicyclic) bond motifs is 1. The Kier molecular flexibility index (Phi) is 4.90. The largest absolute Gasteiger partial charge is 0.369 e. The maximum absolute atomic E-state index is 11.8. The number of aromatic nitrogens is 2. The molecule has 0 radical (unpaired) electrons. The minimum absolute atomic E-state index is 0.198. The molecule has 0 bridgehead atoms. The van der Waals surface area contributed by atoms with E-state index in [0.717, 1.165) is 5.56 Å². The van der Waals surface area contributed by atoms with Crippen LogP contribution in [0.4, 0.5) is 5.82 Å². The van der Waals surface area contributed by atoms with Gasteiger partial charge in [-0.15, -0.1) is 0 Å². The number of nitrogens with zero attached hydrogens (tertiary/aromatic N) is 2. The zero-order valence-corrected chi connectivity index (χ0v) is 16.4. The first kappa shape index (κ1) is 18.6. The molecule has 0 aliphatic heterocycles. The summed E-state index contributed by atoms with van der Waals surface area (Å²) in [5.41, 5.74) is 1.60. The lowest BCUT2D eigenvalue weighted by Gasteiger charge is -2.26. The lowest BCUT2D eigenvalue weighted by molar-refractivity contribution is 0.556. The Morgan fingerprint density at radius 3 is 2.58 bits per heavy atom. The van der Waals surface area contributed by atoms with Crippen molar-refractivity contribution in [2.24, 2.45) is 0 Å². The van der Waals surface area contributed by atoms with Gasteiger partial charge in [0.25, 0.3) is 0 Å². The van der Waals surface area contributed by atoms with E-state index in [1.54, 1.807) is 18.2 Å². The van der Waals surface area contributed by atoms with Gasteiger partial charge in [0, 0.05) is 28.6 Å². The number of nitrogens with one attached hydrogen (secondary N) is 1. The highest BCUT2D eigenvalue weighted by Crippen LogP contribution is 2.28. The van der Waals surface area contributed by atoms with Crippen LogP contribution in [0.2, 0.25) is 5.02 Å². The molecule has 5 nitrogen and oxygen atoms in total. The fourth-order valence-corrected chi connectivity index (χ4v) is 3.56. The van der Waals surface area contributed by atoms with Crippen LogP contribution >= 0.6 is 11.6 Å². The van der Waals surface area contributed by atoms with E-state index in [0.29, 0.717) is 28.3 Å². The number of sulfone groups is 1. The quantitative estimate of drug-likeness (QED) is 0.711. The normalized spacial score (nSPS) is 12.3. The van der Waals surface area contributed by atoms with Crippen molar-refractivity contribution in [3.63, 3.8) is 0 Å². The molecule has 0 unspecified atom stereocenters. The van der Waals surface area contributed by atoms with E-state index in [2.05, 4.69) is 29.1 Å². The van der Waals surface area contributed by atoms with Crippen molar-refractivity contribution in [1.82, 2.24) is 9.97 Å². The maximum atomic E-state index is 11.8. The van der Waals surface area contributed by atoms with E-state index >= 15 is 0 Å². The summed E-state index contributed by atoms with van der Waals surface area (Å²) in [4.78, 5) is 8.76. The molecule has 1 heterocycles. The fourth-order valence-electron chi connectivity index (χ4n) is 2.72. The van der Waals surface area contributed by atoms with Crippen molar-refractivity contribution >= 4 is 38.2 Å². The third-order valence-electron chi connectivity index (χ3n) is 4.34. The van der Waals surface area contributed by atoms with Crippen LogP contribution < -0.4 is 5.32 Å². The van der Waals surface area contributed by atoms with Gasteiger partial charge in [-0.2, -0.15) is 0 Å². The highest BCUT2D eigenvalue weighted by Gasteiger charge is 2.21. The van der Waals surface area contributed by atoms with Crippen LogP contribution in [0, 0.1) is 0 Å². The van der Waals surface area contributed by atoms with Crippen LogP contribution in [0.5, 0.6) is 0 Å². The van der Waals surface area contributed by atoms with E-state index in [1.165, 1.54) is 12.6 Å². The van der Waals surface area contributed by atoms with E-state index in [1.807, 2.05) is 24.3 Å². The average Bonchev–Trinajstić information content (AvgIpc) is 2.58. The first-order chi connectivity index (χ1) is 12.2. The Morgan fingerprint density at radius 1 is 1.12 bits per heavy atom. The molecule has 0 saturated carbocycles. The summed E-state index contributed by atoms with van der Waals surface area (Å²) in [6.07, 6.45) is 2.66. The van der Waals surface area contributed by atoms with Crippen LogP contribution in [0.1, 0.15) is 19.4 Å². The van der Waals surface area contributed by atoms with Gasteiger partial charge in [-0.1, -0.05) is 37.6 Å². The van der Waals surface area contributed by atoms with Crippen molar-refractivity contribution < 1.29 is 8.42 Å². The van der Waals surface area contributed by atoms with Crippen LogP contribution in [0.3, 0.4) is 0 Å². The Hall–Kier alpha value is -2.18. The molecule has 7 heteroatoms. The van der Waals surface area contributed by atoms with Crippen molar-refractivity contribution in [1.29, 1.82) is 0 Å². The summed E-state index contributed by atoms with van der Waals surface area (Å²) in [6, 6.07) is 12.6. The molecule has 1 aromatic heterocycles. The number of rotatable bonds is 5. The first-order valence-corrected chi connectivity index (χ1v) is 10.4. The van der Waals surface area contributed by atoms with E-state index in [-0.39, 0.29) is 10.3 Å². The van der Waals surface area contributed by atoms with Gasteiger partial charge in [0.15, 0.2) is 9.84 Å². The molecular weight excluding hydrogens is 370 g/mol. The van der Waals surface area contributed by atoms with E-state index < -0.39 is 9.84 Å². The Balaban J connectivity index is 1.93. The Bertz CT molecular complexity index is 1070. The van der Waals surface area contributed by atoms with Gasteiger partial charge in [-0.05, 0) is 35.9 Å². The van der Waals surface area contributed by atoms with Crippen molar-refractivity contribution in [3.05, 3.63) is 59.4 Å². The SMILES string of the molecule is CC(C)(CNc1ncnc2ccc(S(C)(=O)=O)cc12)c1cccc(Cl)c1. The highest BCUT2D eigenvalue weighted by atomic mass is 35.5. The summed E-state index contributed by atoms with van der Waals surface area (Å²) in [7, 11) is -3.30. The fraction of sp³-hybridized carbons (Fsp3) is 0.263. The summed E-state index contributed by atoms with van der Waals surface area (Å²) >= 11 is 6.11. The lowest BCUT2D eigenvalue weighted by Crippen LogP contribution is -2.28. The summed E-state index contributed by atoms with van der Waals surface area (Å²) in [5, 5.41) is 4.71. The number of benzene rings is 2. The molecule has 26 heavy (non-hydrogen) atoms. The number of anilines is 1. The molecule has 1 N–H and O–H groups in total. The van der Waals surface area contributed by atoms with E-state index in [9.17, 15) is 8.42 Å². The molecule has 0 spiro atoms. The molecule has 0 atom stereocenters. The van der Waals surface area contributed by atoms with Gasteiger partial charge in [0.05, 0.1) is 10.4 Å². The molecule has 3 aromatic rings. The van der Waals surface area contributed by atoms with Gasteiger partial charge in [0.2, 0.25) is 0 Å². The summed E-state index contributed by atoms with van der Waals surface area (Å²) < 4.78 is 23.7. The monoisotopic (exact) mass is 389 g/mol. The minimum Gasteiger partial charge on any atom is -0.369 e. The van der Waals surface area contributed by atoms with Gasteiger partial charge >= 0.3 is 0 Å². The molecule has 0 aliphatic rings. The molecule has 0 aliphatic carbocycles. The van der Waals surface area contributed by atoms with Crippen LogP contribution in [-0.4, -0.2) is 31.2 Å². The molecule has 2 aromatic carbocycles. The third kappa shape index (κ3) is 3.97. The highest BCUT2D eigenvalue weighted by molar-refractivity contribution is 7.90. The van der Waals surface area contributed by atoms with Crippen LogP contribution in [-0.2, 0) is 15.3 Å². The smallest absolute Gasteiger partial charge is 0.175 e. The predicted octanol–water partition coefficient (Wildman–Crippen LogP) is 4.08. The summed E-state index contributed by atoms with van der Waals surface area (Å²) in [5.74, 6) is 0.607. The second-order valence-electron chi connectivity index (χ2n) is 6.92. The standard InChI is InChI=1S/C19H20ClN3O2S/c1-19(2,13-5-4-6-14(20)9-13)11-21-18-16-10-15(26(3,24)25)7-8-17(16)22-12-23-18/h4-10,12H,11H2,1-3H3,(H,21,22,23). The van der Waals surface area contributed by atoms with Crippen molar-refractivity contribution in [2.45, 2.75) is 24.2 Å². The Labute approximate surface area is 158 Å². The molecule has 136 valence electrons. The lowest BCUT2D eigenvalue weighted by atomic mass is 9.84. The molecule has 0 fully saturated rings. The zero-order valence-electron chi connectivity index (χ0n) is 14.8. The summed E-state index contributed by atoms with van der Waals surface area (Å²) in [6.45, 7) is 4.82. The molecule has 0 saturated heterocycles. The number of hydrogen-bond donors (Lipinski definition) is 1. The second kappa shape index (κ2) is 6.85. The number of hydrogen-bond acceptors (Lipinski definition) is 5. The van der Waals surface area contributed by atoms with Crippen molar-refractivity contribution in [3.8, 4) is 0 Å². The third-order valence-corrected chi connectivity index (χ3v) is 5.68. The van der Waals surface area contributed by atoms with E-state index in [4.69, 9.17) is 11.6 Å². The second-order valence-corrected chi connectivity index (χ2v) is 9.37.